The second kappa shape index (κ2) is 7.26. The number of aromatic nitrogens is 2. The van der Waals surface area contributed by atoms with Crippen LogP contribution in [-0.4, -0.2) is 23.9 Å². The van der Waals surface area contributed by atoms with Gasteiger partial charge in [-0.3, -0.25) is 0 Å². The number of hydrogen-bond donors (Lipinski definition) is 1. The minimum atomic E-state index is 0.419. The Morgan fingerprint density at radius 3 is 3.05 bits per heavy atom. The third-order valence-electron chi connectivity index (χ3n) is 3.34. The fourth-order valence-electron chi connectivity index (χ4n) is 2.36. The van der Waals surface area contributed by atoms with Gasteiger partial charge in [-0.1, -0.05) is 18.5 Å². The maximum atomic E-state index is 5.19. The molecule has 5 heteroatoms. The van der Waals surface area contributed by atoms with Crippen molar-refractivity contribution in [3.63, 3.8) is 0 Å². The number of methoxy groups -OCH3 is 1. The van der Waals surface area contributed by atoms with Crippen LogP contribution in [0.2, 0.25) is 0 Å². The predicted molar refractivity (Wildman–Crippen MR) is 77.5 cm³/mol. The van der Waals surface area contributed by atoms with Crippen molar-refractivity contribution in [3.05, 3.63) is 41.5 Å². The second-order valence-electron chi connectivity index (χ2n) is 4.96. The fraction of sp³-hybridized carbons (Fsp3) is 0.533. The summed E-state index contributed by atoms with van der Waals surface area (Å²) in [4.78, 5) is 0. The molecule has 0 radical (unpaired) electrons. The van der Waals surface area contributed by atoms with Gasteiger partial charge >= 0.3 is 0 Å². The average Bonchev–Trinajstić information content (AvgIpc) is 3.07. The molecule has 0 amide bonds. The van der Waals surface area contributed by atoms with Gasteiger partial charge in [0.2, 0.25) is 0 Å². The summed E-state index contributed by atoms with van der Waals surface area (Å²) in [5, 5.41) is 7.40. The number of rotatable bonds is 8. The van der Waals surface area contributed by atoms with Gasteiger partial charge < -0.3 is 19.1 Å². The number of nitrogens with zero attached hydrogens (tertiary/aromatic N) is 2. The summed E-state index contributed by atoms with van der Waals surface area (Å²) in [5.74, 6) is 0.758. The lowest BCUT2D eigenvalue weighted by Gasteiger charge is -2.13. The molecule has 0 fully saturated rings. The van der Waals surface area contributed by atoms with Gasteiger partial charge in [0, 0.05) is 31.6 Å². The summed E-state index contributed by atoms with van der Waals surface area (Å²) in [6, 6.07) is 4.51. The predicted octanol–water partition coefficient (Wildman–Crippen LogP) is 2.73. The molecule has 2 aromatic rings. The Bertz CT molecular complexity index is 519. The van der Waals surface area contributed by atoms with Crippen molar-refractivity contribution in [1.82, 2.24) is 15.0 Å². The summed E-state index contributed by atoms with van der Waals surface area (Å²) < 4.78 is 12.3. The number of hydrogen-bond acceptors (Lipinski definition) is 4. The quantitative estimate of drug-likeness (QED) is 0.806. The molecule has 1 unspecified atom stereocenters. The van der Waals surface area contributed by atoms with Gasteiger partial charge in [0.25, 0.3) is 0 Å². The summed E-state index contributed by atoms with van der Waals surface area (Å²) in [6.07, 6.45) is 6.56. The monoisotopic (exact) mass is 277 g/mol. The van der Waals surface area contributed by atoms with Gasteiger partial charge in [-0.25, -0.2) is 0 Å². The lowest BCUT2D eigenvalue weighted by molar-refractivity contribution is 0.155. The molecule has 110 valence electrons. The molecule has 0 aliphatic rings. The van der Waals surface area contributed by atoms with Crippen LogP contribution in [0.3, 0.4) is 0 Å². The molecule has 1 N–H and O–H groups in total. The molecule has 0 aromatic carbocycles. The van der Waals surface area contributed by atoms with E-state index >= 15 is 0 Å². The molecule has 0 saturated carbocycles. The topological polar surface area (TPSA) is 52.2 Å². The van der Waals surface area contributed by atoms with Crippen LogP contribution >= 0.6 is 0 Å². The van der Waals surface area contributed by atoms with Crippen LogP contribution < -0.4 is 5.32 Å². The standard InChI is InChI=1S/C15H23N3O2/c1-4-5-15(16-2)12-6-7-18(9-12)10-13-8-14(11-19-3)20-17-13/h6-9,15-16H,4-5,10-11H2,1-3H3. The van der Waals surface area contributed by atoms with Crippen LogP contribution in [0.1, 0.15) is 42.8 Å². The molecule has 0 aliphatic heterocycles. The van der Waals surface area contributed by atoms with Crippen molar-refractivity contribution in [2.45, 2.75) is 39.0 Å². The Morgan fingerprint density at radius 2 is 2.35 bits per heavy atom. The Hall–Kier alpha value is -1.59. The van der Waals surface area contributed by atoms with Crippen molar-refractivity contribution >= 4 is 0 Å². The SMILES string of the molecule is CCCC(NC)c1ccn(Cc2cc(COC)on2)c1. The first-order valence-corrected chi connectivity index (χ1v) is 7.03. The normalized spacial score (nSPS) is 12.8. The van der Waals surface area contributed by atoms with Crippen LogP contribution in [0, 0.1) is 0 Å². The van der Waals surface area contributed by atoms with Gasteiger partial charge in [0.15, 0.2) is 5.76 Å². The third-order valence-corrected chi connectivity index (χ3v) is 3.34. The first kappa shape index (κ1) is 14.8. The molecule has 0 bridgehead atoms. The largest absolute Gasteiger partial charge is 0.377 e. The fourth-order valence-corrected chi connectivity index (χ4v) is 2.36. The molecule has 2 aromatic heterocycles. The summed E-state index contributed by atoms with van der Waals surface area (Å²) in [6.45, 7) is 3.38. The molecule has 5 nitrogen and oxygen atoms in total. The maximum Gasteiger partial charge on any atom is 0.162 e. The zero-order valence-corrected chi connectivity index (χ0v) is 12.4. The van der Waals surface area contributed by atoms with Crippen molar-refractivity contribution < 1.29 is 9.26 Å². The molecule has 2 heterocycles. The lowest BCUT2D eigenvalue weighted by atomic mass is 10.1. The zero-order chi connectivity index (χ0) is 14.4. The minimum absolute atomic E-state index is 0.419. The van der Waals surface area contributed by atoms with Crippen molar-refractivity contribution in [2.24, 2.45) is 0 Å². The van der Waals surface area contributed by atoms with E-state index in [0.717, 1.165) is 24.4 Å². The van der Waals surface area contributed by atoms with E-state index in [1.165, 1.54) is 12.0 Å². The van der Waals surface area contributed by atoms with Gasteiger partial charge in [-0.05, 0) is 25.1 Å². The Balaban J connectivity index is 2.01. The van der Waals surface area contributed by atoms with Crippen molar-refractivity contribution in [2.75, 3.05) is 14.2 Å². The van der Waals surface area contributed by atoms with E-state index in [0.29, 0.717) is 12.6 Å². The first-order chi connectivity index (χ1) is 9.76. The highest BCUT2D eigenvalue weighted by Crippen LogP contribution is 2.19. The van der Waals surface area contributed by atoms with Gasteiger partial charge in [0.1, 0.15) is 12.3 Å². The molecule has 0 aliphatic carbocycles. The molecular weight excluding hydrogens is 254 g/mol. The van der Waals surface area contributed by atoms with Gasteiger partial charge in [-0.15, -0.1) is 0 Å². The molecule has 1 atom stereocenters. The highest BCUT2D eigenvalue weighted by molar-refractivity contribution is 5.17. The highest BCUT2D eigenvalue weighted by atomic mass is 16.5. The highest BCUT2D eigenvalue weighted by Gasteiger charge is 2.10. The Morgan fingerprint density at radius 1 is 1.50 bits per heavy atom. The smallest absolute Gasteiger partial charge is 0.162 e. The second-order valence-corrected chi connectivity index (χ2v) is 4.96. The molecule has 0 saturated heterocycles. The van der Waals surface area contributed by atoms with E-state index in [1.54, 1.807) is 7.11 Å². The number of ether oxygens (including phenoxy) is 1. The molecule has 20 heavy (non-hydrogen) atoms. The molecule has 2 rings (SSSR count). The van der Waals surface area contributed by atoms with Crippen LogP contribution in [0.25, 0.3) is 0 Å². The van der Waals surface area contributed by atoms with E-state index in [1.807, 2.05) is 13.1 Å². The first-order valence-electron chi connectivity index (χ1n) is 7.03. The van der Waals surface area contributed by atoms with Gasteiger partial charge in [-0.2, -0.15) is 0 Å². The van der Waals surface area contributed by atoms with E-state index < -0.39 is 0 Å². The average molecular weight is 277 g/mol. The van der Waals surface area contributed by atoms with E-state index in [9.17, 15) is 0 Å². The van der Waals surface area contributed by atoms with E-state index in [-0.39, 0.29) is 0 Å². The molecule has 0 spiro atoms. The van der Waals surface area contributed by atoms with Crippen molar-refractivity contribution in [1.29, 1.82) is 0 Å². The van der Waals surface area contributed by atoms with E-state index in [2.05, 4.69) is 40.4 Å². The third kappa shape index (κ3) is 3.71. The Kier molecular flexibility index (Phi) is 5.38. The number of nitrogens with one attached hydrogen (secondary N) is 1. The zero-order valence-electron chi connectivity index (χ0n) is 12.4. The van der Waals surface area contributed by atoms with Gasteiger partial charge in [0.05, 0.1) is 6.54 Å². The minimum Gasteiger partial charge on any atom is -0.377 e. The summed E-state index contributed by atoms with van der Waals surface area (Å²) in [5.41, 5.74) is 2.23. The van der Waals surface area contributed by atoms with E-state index in [4.69, 9.17) is 9.26 Å². The van der Waals surface area contributed by atoms with Crippen LogP contribution in [0.15, 0.2) is 29.0 Å². The lowest BCUT2D eigenvalue weighted by Crippen LogP contribution is -2.15. The maximum absolute atomic E-state index is 5.19. The Labute approximate surface area is 119 Å². The van der Waals surface area contributed by atoms with Crippen LogP contribution in [0.5, 0.6) is 0 Å². The van der Waals surface area contributed by atoms with Crippen molar-refractivity contribution in [3.8, 4) is 0 Å². The van der Waals surface area contributed by atoms with Crippen LogP contribution in [-0.2, 0) is 17.9 Å². The summed E-state index contributed by atoms with van der Waals surface area (Å²) >= 11 is 0. The summed E-state index contributed by atoms with van der Waals surface area (Å²) in [7, 11) is 3.65. The van der Waals surface area contributed by atoms with Crippen LogP contribution in [0.4, 0.5) is 0 Å². The molecular formula is C15H23N3O2.